The van der Waals surface area contributed by atoms with Gasteiger partial charge in [0.25, 0.3) is 0 Å². The number of hydrogen-bond acceptors (Lipinski definition) is 2. The van der Waals surface area contributed by atoms with Gasteiger partial charge < -0.3 is 5.11 Å². The molecule has 0 amide bonds. The van der Waals surface area contributed by atoms with Crippen molar-refractivity contribution >= 4 is 0 Å². The zero-order chi connectivity index (χ0) is 9.84. The molecule has 0 fully saturated rings. The highest BCUT2D eigenvalue weighted by atomic mass is 16.3. The second-order valence-electron chi connectivity index (χ2n) is 2.92. The molecule has 0 saturated heterocycles. The third kappa shape index (κ3) is 1.65. The van der Waals surface area contributed by atoms with E-state index in [1.165, 1.54) is 0 Å². The van der Waals surface area contributed by atoms with E-state index in [1.54, 1.807) is 6.07 Å². The summed E-state index contributed by atoms with van der Waals surface area (Å²) in [4.78, 5) is 0. The lowest BCUT2D eigenvalue weighted by Gasteiger charge is -2.08. The lowest BCUT2D eigenvalue weighted by atomic mass is 9.99. The van der Waals surface area contributed by atoms with E-state index >= 15 is 0 Å². The zero-order valence-corrected chi connectivity index (χ0v) is 7.96. The second-order valence-corrected chi connectivity index (χ2v) is 2.92. The molecule has 0 saturated carbocycles. The van der Waals surface area contributed by atoms with Gasteiger partial charge in [0.1, 0.15) is 11.8 Å². The molecule has 1 N–H and O–H groups in total. The summed E-state index contributed by atoms with van der Waals surface area (Å²) in [5.74, 6) is 0.157. The smallest absolute Gasteiger partial charge is 0.136 e. The minimum Gasteiger partial charge on any atom is -0.506 e. The van der Waals surface area contributed by atoms with E-state index in [1.807, 2.05) is 26.0 Å². The maximum absolute atomic E-state index is 9.68. The number of nitriles is 1. The fourth-order valence-corrected chi connectivity index (χ4v) is 1.49. The van der Waals surface area contributed by atoms with E-state index in [4.69, 9.17) is 5.26 Å². The van der Waals surface area contributed by atoms with Crippen LogP contribution in [0.3, 0.4) is 0 Å². The first-order chi connectivity index (χ1) is 6.24. The summed E-state index contributed by atoms with van der Waals surface area (Å²) in [5, 5.41) is 18.4. The Morgan fingerprint density at radius 1 is 1.31 bits per heavy atom. The zero-order valence-electron chi connectivity index (χ0n) is 7.96. The molecule has 2 nitrogen and oxygen atoms in total. The average molecular weight is 175 g/mol. The molecule has 13 heavy (non-hydrogen) atoms. The highest BCUT2D eigenvalue weighted by Crippen LogP contribution is 2.26. The Morgan fingerprint density at radius 3 is 2.46 bits per heavy atom. The molecule has 0 aliphatic carbocycles. The molecule has 0 heterocycles. The van der Waals surface area contributed by atoms with Crippen LogP contribution in [-0.4, -0.2) is 5.11 Å². The molecule has 1 rings (SSSR count). The number of hydrogen-bond donors (Lipinski definition) is 1. The molecule has 1 aromatic rings. The van der Waals surface area contributed by atoms with Crippen LogP contribution in [0.2, 0.25) is 0 Å². The van der Waals surface area contributed by atoms with Gasteiger partial charge >= 0.3 is 0 Å². The number of nitrogens with zero attached hydrogens (tertiary/aromatic N) is 1. The SMILES string of the molecule is CCc1ccc(C#N)c(O)c1CC. The standard InChI is InChI=1S/C11H13NO/c1-3-8-5-6-9(7-12)11(13)10(8)4-2/h5-6,13H,3-4H2,1-2H3. The van der Waals surface area contributed by atoms with Gasteiger partial charge in [-0.25, -0.2) is 0 Å². The summed E-state index contributed by atoms with van der Waals surface area (Å²) in [6.45, 7) is 4.02. The lowest BCUT2D eigenvalue weighted by molar-refractivity contribution is 0.466. The number of phenolic OH excluding ortho intramolecular Hbond substituents is 1. The Labute approximate surface area is 78.4 Å². The minimum atomic E-state index is 0.157. The van der Waals surface area contributed by atoms with Crippen molar-refractivity contribution in [3.63, 3.8) is 0 Å². The van der Waals surface area contributed by atoms with Gasteiger partial charge in [-0.15, -0.1) is 0 Å². The largest absolute Gasteiger partial charge is 0.506 e. The third-order valence-electron chi connectivity index (χ3n) is 2.23. The van der Waals surface area contributed by atoms with Crippen molar-refractivity contribution in [3.8, 4) is 11.8 Å². The summed E-state index contributed by atoms with van der Waals surface area (Å²) in [5.41, 5.74) is 2.40. The van der Waals surface area contributed by atoms with Crippen molar-refractivity contribution in [3.05, 3.63) is 28.8 Å². The predicted octanol–water partition coefficient (Wildman–Crippen LogP) is 2.39. The number of aromatic hydroxyl groups is 1. The van der Waals surface area contributed by atoms with Crippen LogP contribution in [0.25, 0.3) is 0 Å². The van der Waals surface area contributed by atoms with Crippen molar-refractivity contribution in [1.82, 2.24) is 0 Å². The van der Waals surface area contributed by atoms with E-state index in [0.717, 1.165) is 24.0 Å². The molecule has 0 radical (unpaired) electrons. The van der Waals surface area contributed by atoms with Crippen LogP contribution in [0, 0.1) is 11.3 Å². The van der Waals surface area contributed by atoms with Gasteiger partial charge in [0.05, 0.1) is 5.56 Å². The lowest BCUT2D eigenvalue weighted by Crippen LogP contribution is -1.93. The first-order valence-corrected chi connectivity index (χ1v) is 4.48. The summed E-state index contributed by atoms with van der Waals surface area (Å²) in [6.07, 6.45) is 1.66. The first-order valence-electron chi connectivity index (χ1n) is 4.48. The second kappa shape index (κ2) is 3.95. The molecular formula is C11H13NO. The van der Waals surface area contributed by atoms with E-state index in [0.29, 0.717) is 5.56 Å². The maximum atomic E-state index is 9.68. The summed E-state index contributed by atoms with van der Waals surface area (Å²) < 4.78 is 0. The van der Waals surface area contributed by atoms with Gasteiger partial charge in [-0.3, -0.25) is 0 Å². The van der Waals surface area contributed by atoms with Crippen LogP contribution in [0.5, 0.6) is 5.75 Å². The van der Waals surface area contributed by atoms with Gasteiger partial charge in [-0.2, -0.15) is 5.26 Å². The molecule has 0 aliphatic rings. The van der Waals surface area contributed by atoms with Gasteiger partial charge in [0.2, 0.25) is 0 Å². The Morgan fingerprint density at radius 2 is 2.00 bits per heavy atom. The van der Waals surface area contributed by atoms with Gasteiger partial charge in [0.15, 0.2) is 0 Å². The molecule has 0 unspecified atom stereocenters. The molecular weight excluding hydrogens is 162 g/mol. The molecule has 0 bridgehead atoms. The molecule has 1 aromatic carbocycles. The Kier molecular flexibility index (Phi) is 2.92. The Balaban J connectivity index is 3.34. The Hall–Kier alpha value is -1.49. The molecule has 0 aromatic heterocycles. The Bertz CT molecular complexity index is 350. The first kappa shape index (κ1) is 9.60. The topological polar surface area (TPSA) is 44.0 Å². The van der Waals surface area contributed by atoms with E-state index in [2.05, 4.69) is 0 Å². The highest BCUT2D eigenvalue weighted by molar-refractivity contribution is 5.51. The summed E-state index contributed by atoms with van der Waals surface area (Å²) in [6, 6.07) is 5.56. The van der Waals surface area contributed by atoms with Gasteiger partial charge in [0, 0.05) is 0 Å². The predicted molar refractivity (Wildman–Crippen MR) is 51.6 cm³/mol. The third-order valence-corrected chi connectivity index (χ3v) is 2.23. The molecule has 0 atom stereocenters. The quantitative estimate of drug-likeness (QED) is 0.750. The minimum absolute atomic E-state index is 0.157. The molecule has 2 heteroatoms. The normalized spacial score (nSPS) is 9.62. The van der Waals surface area contributed by atoms with Crippen molar-refractivity contribution in [2.75, 3.05) is 0 Å². The monoisotopic (exact) mass is 175 g/mol. The van der Waals surface area contributed by atoms with Crippen molar-refractivity contribution in [1.29, 1.82) is 5.26 Å². The molecule has 0 spiro atoms. The summed E-state index contributed by atoms with van der Waals surface area (Å²) in [7, 11) is 0. The molecule has 68 valence electrons. The fraction of sp³-hybridized carbons (Fsp3) is 0.364. The number of benzene rings is 1. The van der Waals surface area contributed by atoms with Crippen LogP contribution >= 0.6 is 0 Å². The highest BCUT2D eigenvalue weighted by Gasteiger charge is 2.08. The van der Waals surface area contributed by atoms with Gasteiger partial charge in [-0.05, 0) is 30.0 Å². The molecule has 0 aliphatic heterocycles. The van der Waals surface area contributed by atoms with E-state index in [9.17, 15) is 5.11 Å². The van der Waals surface area contributed by atoms with Crippen LogP contribution in [0.4, 0.5) is 0 Å². The number of phenols is 1. The summed E-state index contributed by atoms with van der Waals surface area (Å²) >= 11 is 0. The van der Waals surface area contributed by atoms with Gasteiger partial charge in [-0.1, -0.05) is 19.9 Å². The fourth-order valence-electron chi connectivity index (χ4n) is 1.49. The van der Waals surface area contributed by atoms with Crippen LogP contribution in [0.15, 0.2) is 12.1 Å². The van der Waals surface area contributed by atoms with Crippen LogP contribution in [-0.2, 0) is 12.8 Å². The van der Waals surface area contributed by atoms with Crippen molar-refractivity contribution in [2.24, 2.45) is 0 Å². The van der Waals surface area contributed by atoms with Crippen LogP contribution < -0.4 is 0 Å². The van der Waals surface area contributed by atoms with E-state index in [-0.39, 0.29) is 5.75 Å². The number of aryl methyl sites for hydroxylation is 1. The number of rotatable bonds is 2. The average Bonchev–Trinajstić information content (AvgIpc) is 2.17. The van der Waals surface area contributed by atoms with Crippen molar-refractivity contribution < 1.29 is 5.11 Å². The maximum Gasteiger partial charge on any atom is 0.136 e. The van der Waals surface area contributed by atoms with Crippen LogP contribution in [0.1, 0.15) is 30.5 Å². The van der Waals surface area contributed by atoms with Crippen molar-refractivity contribution in [2.45, 2.75) is 26.7 Å². The van der Waals surface area contributed by atoms with E-state index < -0.39 is 0 Å².